The van der Waals surface area contributed by atoms with Crippen LogP contribution in [0.4, 0.5) is 0 Å². The van der Waals surface area contributed by atoms with Gasteiger partial charge in [-0.1, -0.05) is 18.2 Å². The molecule has 7 nitrogen and oxygen atoms in total. The standard InChI is InChI=1S/C16H12N4O3/c21-14-10-5-1-2-6-12(10)18-9-11(14)15(22)19-20-16(23)13-7-3-4-8-17-13/h1-9H,(H,18,21)(H,19,22)(H,20,23). The van der Waals surface area contributed by atoms with E-state index in [0.29, 0.717) is 10.9 Å². The summed E-state index contributed by atoms with van der Waals surface area (Å²) in [5, 5.41) is 0.399. The molecule has 0 radical (unpaired) electrons. The van der Waals surface area contributed by atoms with Crippen LogP contribution in [0.15, 0.2) is 59.7 Å². The Kier molecular flexibility index (Phi) is 3.84. The fraction of sp³-hybridized carbons (Fsp3) is 0. The number of amides is 2. The van der Waals surface area contributed by atoms with Crippen LogP contribution in [0, 0.1) is 0 Å². The van der Waals surface area contributed by atoms with Gasteiger partial charge in [-0.15, -0.1) is 0 Å². The van der Waals surface area contributed by atoms with Crippen molar-refractivity contribution in [2.45, 2.75) is 0 Å². The number of carbonyl (C=O) groups excluding carboxylic acids is 2. The zero-order chi connectivity index (χ0) is 16.2. The first-order valence-corrected chi connectivity index (χ1v) is 6.79. The molecule has 23 heavy (non-hydrogen) atoms. The topological polar surface area (TPSA) is 104 Å². The van der Waals surface area contributed by atoms with Crippen molar-refractivity contribution >= 4 is 22.7 Å². The molecule has 3 rings (SSSR count). The van der Waals surface area contributed by atoms with E-state index in [1.165, 1.54) is 18.5 Å². The third-order valence-electron chi connectivity index (χ3n) is 3.22. The molecule has 2 amide bonds. The van der Waals surface area contributed by atoms with Crippen LogP contribution in [0.1, 0.15) is 20.8 Å². The Balaban J connectivity index is 1.78. The average Bonchev–Trinajstić information content (AvgIpc) is 2.60. The third kappa shape index (κ3) is 2.93. The maximum atomic E-state index is 12.3. The van der Waals surface area contributed by atoms with Gasteiger partial charge in [-0.3, -0.25) is 30.2 Å². The summed E-state index contributed by atoms with van der Waals surface area (Å²) >= 11 is 0. The minimum absolute atomic E-state index is 0.0926. The molecule has 3 N–H and O–H groups in total. The van der Waals surface area contributed by atoms with Crippen molar-refractivity contribution in [2.75, 3.05) is 0 Å². The summed E-state index contributed by atoms with van der Waals surface area (Å²) in [4.78, 5) is 42.9. The molecule has 0 aliphatic carbocycles. The van der Waals surface area contributed by atoms with E-state index >= 15 is 0 Å². The SMILES string of the molecule is O=C(NNC(=O)c1c[nH]c2ccccc2c1=O)c1ccccn1. The van der Waals surface area contributed by atoms with E-state index in [1.807, 2.05) is 0 Å². The minimum Gasteiger partial charge on any atom is -0.360 e. The Morgan fingerprint density at radius 1 is 0.957 bits per heavy atom. The van der Waals surface area contributed by atoms with Crippen LogP contribution in [0.5, 0.6) is 0 Å². The number of fused-ring (bicyclic) bond motifs is 1. The zero-order valence-electron chi connectivity index (χ0n) is 11.9. The second-order valence-corrected chi connectivity index (χ2v) is 4.70. The average molecular weight is 308 g/mol. The highest BCUT2D eigenvalue weighted by molar-refractivity contribution is 5.99. The smallest absolute Gasteiger partial charge is 0.288 e. The molecule has 114 valence electrons. The van der Waals surface area contributed by atoms with Gasteiger partial charge < -0.3 is 4.98 Å². The lowest BCUT2D eigenvalue weighted by Gasteiger charge is -2.07. The molecule has 0 fully saturated rings. The predicted molar refractivity (Wildman–Crippen MR) is 83.7 cm³/mol. The Hall–Kier alpha value is -3.48. The summed E-state index contributed by atoms with van der Waals surface area (Å²) in [6, 6.07) is 11.7. The lowest BCUT2D eigenvalue weighted by atomic mass is 10.1. The van der Waals surface area contributed by atoms with Crippen LogP contribution in [-0.2, 0) is 0 Å². The fourth-order valence-electron chi connectivity index (χ4n) is 2.08. The quantitative estimate of drug-likeness (QED) is 0.614. The molecule has 2 heterocycles. The van der Waals surface area contributed by atoms with Crippen LogP contribution >= 0.6 is 0 Å². The van der Waals surface area contributed by atoms with Gasteiger partial charge in [0.25, 0.3) is 11.8 Å². The molecule has 0 saturated carbocycles. The number of hydrogen-bond acceptors (Lipinski definition) is 4. The number of hydrazine groups is 1. The predicted octanol–water partition coefficient (Wildman–Crippen LogP) is 0.998. The molecule has 2 aromatic heterocycles. The molecular weight excluding hydrogens is 296 g/mol. The van der Waals surface area contributed by atoms with Gasteiger partial charge in [0.15, 0.2) is 0 Å². The highest BCUT2D eigenvalue weighted by Crippen LogP contribution is 2.06. The first-order valence-electron chi connectivity index (χ1n) is 6.79. The number of aromatic amines is 1. The van der Waals surface area contributed by atoms with Crippen molar-refractivity contribution in [3.8, 4) is 0 Å². The summed E-state index contributed by atoms with van der Waals surface area (Å²) in [5.74, 6) is -1.28. The van der Waals surface area contributed by atoms with Gasteiger partial charge in [-0.25, -0.2) is 0 Å². The van der Waals surface area contributed by atoms with Gasteiger partial charge in [0.1, 0.15) is 11.3 Å². The highest BCUT2D eigenvalue weighted by Gasteiger charge is 2.14. The van der Waals surface area contributed by atoms with Crippen LogP contribution in [-0.4, -0.2) is 21.8 Å². The van der Waals surface area contributed by atoms with Gasteiger partial charge in [-0.2, -0.15) is 0 Å². The lowest BCUT2D eigenvalue weighted by molar-refractivity contribution is 0.0843. The molecule has 0 saturated heterocycles. The van der Waals surface area contributed by atoms with Crippen LogP contribution in [0.2, 0.25) is 0 Å². The van der Waals surface area contributed by atoms with Crippen LogP contribution in [0.3, 0.4) is 0 Å². The van der Waals surface area contributed by atoms with Gasteiger partial charge in [0.05, 0.1) is 0 Å². The first kappa shape index (κ1) is 14.5. The van der Waals surface area contributed by atoms with E-state index in [-0.39, 0.29) is 11.3 Å². The van der Waals surface area contributed by atoms with E-state index < -0.39 is 17.2 Å². The molecular formula is C16H12N4O3. The Bertz CT molecular complexity index is 935. The number of carbonyl (C=O) groups is 2. The number of nitrogens with one attached hydrogen (secondary N) is 3. The Labute approximate surface area is 130 Å². The fourth-order valence-corrected chi connectivity index (χ4v) is 2.08. The normalized spacial score (nSPS) is 10.3. The molecule has 0 unspecified atom stereocenters. The zero-order valence-corrected chi connectivity index (χ0v) is 11.9. The monoisotopic (exact) mass is 308 g/mol. The minimum atomic E-state index is -0.707. The summed E-state index contributed by atoms with van der Waals surface area (Å²) in [6.07, 6.45) is 2.78. The Morgan fingerprint density at radius 2 is 1.70 bits per heavy atom. The van der Waals surface area contributed by atoms with E-state index in [2.05, 4.69) is 20.8 Å². The van der Waals surface area contributed by atoms with Crippen molar-refractivity contribution in [2.24, 2.45) is 0 Å². The largest absolute Gasteiger partial charge is 0.360 e. The summed E-state index contributed by atoms with van der Waals surface area (Å²) in [6.45, 7) is 0. The molecule has 0 aliphatic heterocycles. The molecule has 0 aliphatic rings. The molecule has 7 heteroatoms. The Morgan fingerprint density at radius 3 is 2.48 bits per heavy atom. The first-order chi connectivity index (χ1) is 11.2. The molecule has 1 aromatic carbocycles. The van der Waals surface area contributed by atoms with Gasteiger partial charge in [-0.05, 0) is 24.3 Å². The van der Waals surface area contributed by atoms with Gasteiger partial charge in [0.2, 0.25) is 5.43 Å². The number of benzene rings is 1. The summed E-state index contributed by atoms with van der Waals surface area (Å²) < 4.78 is 0. The number of pyridine rings is 2. The maximum absolute atomic E-state index is 12.3. The van der Waals surface area contributed by atoms with Crippen LogP contribution in [0.25, 0.3) is 10.9 Å². The van der Waals surface area contributed by atoms with E-state index in [1.54, 1.807) is 36.4 Å². The van der Waals surface area contributed by atoms with E-state index in [9.17, 15) is 14.4 Å². The molecule has 0 spiro atoms. The molecule has 0 bridgehead atoms. The summed E-state index contributed by atoms with van der Waals surface area (Å²) in [7, 11) is 0. The number of hydrogen-bond donors (Lipinski definition) is 3. The molecule has 0 atom stereocenters. The van der Waals surface area contributed by atoms with Crippen molar-refractivity contribution in [3.63, 3.8) is 0 Å². The van der Waals surface area contributed by atoms with Crippen molar-refractivity contribution in [1.29, 1.82) is 0 Å². The third-order valence-corrected chi connectivity index (χ3v) is 3.22. The van der Waals surface area contributed by atoms with Crippen molar-refractivity contribution in [3.05, 3.63) is 76.3 Å². The number of rotatable bonds is 2. The number of aromatic nitrogens is 2. The number of H-pyrrole nitrogens is 1. The van der Waals surface area contributed by atoms with E-state index in [4.69, 9.17) is 0 Å². The highest BCUT2D eigenvalue weighted by atomic mass is 16.2. The lowest BCUT2D eigenvalue weighted by Crippen LogP contribution is -2.43. The number of nitrogens with zero attached hydrogens (tertiary/aromatic N) is 1. The van der Waals surface area contributed by atoms with Gasteiger partial charge >= 0.3 is 0 Å². The summed E-state index contributed by atoms with van der Waals surface area (Å²) in [5.41, 5.74) is 4.70. The van der Waals surface area contributed by atoms with E-state index in [0.717, 1.165) is 0 Å². The second kappa shape index (κ2) is 6.10. The number of para-hydroxylation sites is 1. The molecule has 3 aromatic rings. The van der Waals surface area contributed by atoms with Crippen molar-refractivity contribution in [1.82, 2.24) is 20.8 Å². The van der Waals surface area contributed by atoms with Crippen LogP contribution < -0.4 is 16.3 Å². The van der Waals surface area contributed by atoms with Gasteiger partial charge in [0, 0.05) is 23.3 Å². The second-order valence-electron chi connectivity index (χ2n) is 4.70. The van der Waals surface area contributed by atoms with Crippen molar-refractivity contribution < 1.29 is 9.59 Å². The maximum Gasteiger partial charge on any atom is 0.288 e.